The second-order valence-corrected chi connectivity index (χ2v) is 3.69. The second kappa shape index (κ2) is 5.14. The molecule has 0 spiro atoms. The zero-order valence-corrected chi connectivity index (χ0v) is 8.82. The Labute approximate surface area is 86.3 Å². The lowest BCUT2D eigenvalue weighted by Gasteiger charge is -2.06. The van der Waals surface area contributed by atoms with Gasteiger partial charge in [-0.15, -0.1) is 0 Å². The van der Waals surface area contributed by atoms with Crippen LogP contribution in [0.15, 0.2) is 6.33 Å². The van der Waals surface area contributed by atoms with E-state index in [-0.39, 0.29) is 0 Å². The number of thioether (sulfide) groups is 1. The Morgan fingerprint density at radius 2 is 2.38 bits per heavy atom. The number of halogens is 1. The van der Waals surface area contributed by atoms with E-state index in [0.29, 0.717) is 16.7 Å². The molecule has 1 aromatic heterocycles. The molecule has 0 aromatic carbocycles. The van der Waals surface area contributed by atoms with E-state index in [2.05, 4.69) is 15.3 Å². The van der Waals surface area contributed by atoms with Gasteiger partial charge in [-0.1, -0.05) is 11.6 Å². The van der Waals surface area contributed by atoms with Gasteiger partial charge < -0.3 is 11.1 Å². The minimum Gasteiger partial charge on any atom is -0.393 e. The zero-order valence-electron chi connectivity index (χ0n) is 7.25. The largest absolute Gasteiger partial charge is 0.393 e. The Kier molecular flexibility index (Phi) is 4.11. The van der Waals surface area contributed by atoms with Crippen molar-refractivity contribution in [1.29, 1.82) is 0 Å². The summed E-state index contributed by atoms with van der Waals surface area (Å²) in [6, 6.07) is 0. The second-order valence-electron chi connectivity index (χ2n) is 2.35. The first-order chi connectivity index (χ1) is 6.25. The topological polar surface area (TPSA) is 63.8 Å². The van der Waals surface area contributed by atoms with Crippen LogP contribution in [0.4, 0.5) is 11.5 Å². The average Bonchev–Trinajstić information content (AvgIpc) is 2.13. The number of hydrogen-bond donors (Lipinski definition) is 2. The van der Waals surface area contributed by atoms with Crippen molar-refractivity contribution < 1.29 is 0 Å². The molecule has 0 radical (unpaired) electrons. The highest BCUT2D eigenvalue weighted by Gasteiger charge is 2.03. The molecule has 0 bridgehead atoms. The summed E-state index contributed by atoms with van der Waals surface area (Å²) < 4.78 is 0. The quantitative estimate of drug-likeness (QED) is 0.592. The zero-order chi connectivity index (χ0) is 9.68. The number of nitrogen functional groups attached to an aromatic ring is 1. The van der Waals surface area contributed by atoms with Crippen molar-refractivity contribution in [2.24, 2.45) is 0 Å². The summed E-state index contributed by atoms with van der Waals surface area (Å²) in [6.07, 6.45) is 3.43. The van der Waals surface area contributed by atoms with Gasteiger partial charge >= 0.3 is 0 Å². The minimum atomic E-state index is 0.293. The van der Waals surface area contributed by atoms with Crippen molar-refractivity contribution in [3.8, 4) is 0 Å². The Morgan fingerprint density at radius 3 is 3.08 bits per heavy atom. The van der Waals surface area contributed by atoms with Crippen molar-refractivity contribution in [1.82, 2.24) is 9.97 Å². The van der Waals surface area contributed by atoms with Crippen molar-refractivity contribution >= 4 is 34.9 Å². The highest BCUT2D eigenvalue weighted by atomic mass is 35.5. The molecule has 0 saturated carbocycles. The van der Waals surface area contributed by atoms with Crippen LogP contribution in [0, 0.1) is 0 Å². The SMILES string of the molecule is CSCCNc1ncnc(Cl)c1N. The van der Waals surface area contributed by atoms with E-state index in [1.807, 2.05) is 6.26 Å². The monoisotopic (exact) mass is 218 g/mol. The standard InChI is InChI=1S/C7H11ClN4S/c1-13-3-2-10-7-5(9)6(8)11-4-12-7/h4H,2-3,9H2,1H3,(H,10,11,12). The molecule has 13 heavy (non-hydrogen) atoms. The van der Waals surface area contributed by atoms with Gasteiger partial charge in [-0.05, 0) is 6.26 Å². The summed E-state index contributed by atoms with van der Waals surface area (Å²) in [7, 11) is 0. The van der Waals surface area contributed by atoms with Gasteiger partial charge in [0.2, 0.25) is 0 Å². The predicted octanol–water partition coefficient (Wildman–Crippen LogP) is 1.49. The van der Waals surface area contributed by atoms with E-state index in [4.69, 9.17) is 17.3 Å². The lowest BCUT2D eigenvalue weighted by molar-refractivity contribution is 1.12. The van der Waals surface area contributed by atoms with Gasteiger partial charge in [0.05, 0.1) is 0 Å². The molecule has 0 unspecified atom stereocenters. The molecule has 1 rings (SSSR count). The molecule has 0 fully saturated rings. The lowest BCUT2D eigenvalue weighted by Crippen LogP contribution is -2.08. The smallest absolute Gasteiger partial charge is 0.157 e. The van der Waals surface area contributed by atoms with E-state index in [1.165, 1.54) is 6.33 Å². The van der Waals surface area contributed by atoms with Gasteiger partial charge in [0, 0.05) is 12.3 Å². The fraction of sp³-hybridized carbons (Fsp3) is 0.429. The minimum absolute atomic E-state index is 0.293. The fourth-order valence-corrected chi connectivity index (χ4v) is 1.23. The number of aromatic nitrogens is 2. The first-order valence-electron chi connectivity index (χ1n) is 3.74. The highest BCUT2D eigenvalue weighted by molar-refractivity contribution is 7.98. The Morgan fingerprint density at radius 1 is 1.62 bits per heavy atom. The van der Waals surface area contributed by atoms with Crippen LogP contribution in [0.2, 0.25) is 5.15 Å². The predicted molar refractivity (Wildman–Crippen MR) is 58.3 cm³/mol. The van der Waals surface area contributed by atoms with Crippen LogP contribution in [-0.4, -0.2) is 28.5 Å². The molecule has 0 aliphatic heterocycles. The molecule has 4 nitrogen and oxygen atoms in total. The number of anilines is 2. The van der Waals surface area contributed by atoms with Crippen LogP contribution >= 0.6 is 23.4 Å². The van der Waals surface area contributed by atoms with Crippen molar-refractivity contribution in [2.45, 2.75) is 0 Å². The van der Waals surface area contributed by atoms with Crippen LogP contribution in [-0.2, 0) is 0 Å². The van der Waals surface area contributed by atoms with E-state index < -0.39 is 0 Å². The maximum atomic E-state index is 5.71. The first-order valence-corrected chi connectivity index (χ1v) is 5.51. The van der Waals surface area contributed by atoms with Crippen LogP contribution in [0.3, 0.4) is 0 Å². The summed E-state index contributed by atoms with van der Waals surface area (Å²) in [6.45, 7) is 0.818. The molecule has 0 amide bonds. The van der Waals surface area contributed by atoms with Crippen LogP contribution in [0.25, 0.3) is 0 Å². The summed E-state index contributed by atoms with van der Waals surface area (Å²) in [5, 5.41) is 3.37. The Balaban J connectivity index is 2.61. The molecule has 0 atom stereocenters. The van der Waals surface area contributed by atoms with E-state index in [0.717, 1.165) is 12.3 Å². The van der Waals surface area contributed by atoms with Gasteiger partial charge in [0.1, 0.15) is 12.0 Å². The van der Waals surface area contributed by atoms with Gasteiger partial charge in [-0.25, -0.2) is 9.97 Å². The number of nitrogens with zero attached hydrogens (tertiary/aromatic N) is 2. The third-order valence-electron chi connectivity index (χ3n) is 1.43. The van der Waals surface area contributed by atoms with Crippen LogP contribution < -0.4 is 11.1 Å². The summed E-state index contributed by atoms with van der Waals surface area (Å²) in [4.78, 5) is 7.72. The molecule has 3 N–H and O–H groups in total. The molecular weight excluding hydrogens is 208 g/mol. The van der Waals surface area contributed by atoms with Gasteiger partial charge in [-0.2, -0.15) is 11.8 Å². The summed E-state index contributed by atoms with van der Waals surface area (Å²) in [5.74, 6) is 1.61. The molecule has 1 aromatic rings. The fourth-order valence-electron chi connectivity index (χ4n) is 0.786. The van der Waals surface area contributed by atoms with E-state index >= 15 is 0 Å². The average molecular weight is 219 g/mol. The van der Waals surface area contributed by atoms with Gasteiger partial charge in [-0.3, -0.25) is 0 Å². The van der Waals surface area contributed by atoms with Gasteiger partial charge in [0.15, 0.2) is 11.0 Å². The highest BCUT2D eigenvalue weighted by Crippen LogP contribution is 2.21. The normalized spacial score (nSPS) is 10.0. The first kappa shape index (κ1) is 10.4. The maximum absolute atomic E-state index is 5.71. The van der Waals surface area contributed by atoms with E-state index in [9.17, 15) is 0 Å². The Bertz CT molecular complexity index is 281. The van der Waals surface area contributed by atoms with Gasteiger partial charge in [0.25, 0.3) is 0 Å². The molecule has 1 heterocycles. The molecular formula is C7H11ClN4S. The molecule has 0 aliphatic rings. The van der Waals surface area contributed by atoms with Crippen LogP contribution in [0.5, 0.6) is 0 Å². The Hall–Kier alpha value is -0.680. The number of hydrogen-bond acceptors (Lipinski definition) is 5. The van der Waals surface area contributed by atoms with Crippen LogP contribution in [0.1, 0.15) is 0 Å². The molecule has 0 aliphatic carbocycles. The van der Waals surface area contributed by atoms with Crippen molar-refractivity contribution in [3.05, 3.63) is 11.5 Å². The third kappa shape index (κ3) is 2.93. The summed E-state index contributed by atoms with van der Waals surface area (Å²) >= 11 is 7.46. The molecule has 0 saturated heterocycles. The van der Waals surface area contributed by atoms with Crippen molar-refractivity contribution in [3.63, 3.8) is 0 Å². The van der Waals surface area contributed by atoms with Crippen molar-refractivity contribution in [2.75, 3.05) is 29.6 Å². The molecule has 6 heteroatoms. The van der Waals surface area contributed by atoms with E-state index in [1.54, 1.807) is 11.8 Å². The number of nitrogens with one attached hydrogen (secondary N) is 1. The third-order valence-corrected chi connectivity index (χ3v) is 2.35. The molecule has 72 valence electrons. The number of rotatable bonds is 4. The lowest BCUT2D eigenvalue weighted by atomic mass is 10.5. The number of nitrogens with two attached hydrogens (primary N) is 1. The maximum Gasteiger partial charge on any atom is 0.157 e. The summed E-state index contributed by atoms with van der Waals surface area (Å²) in [5.41, 5.74) is 6.05.